The summed E-state index contributed by atoms with van der Waals surface area (Å²) < 4.78 is 0.918. The highest BCUT2D eigenvalue weighted by Gasteiger charge is 2.28. The molecular formula is C20H21BrN2O2. The molecule has 0 spiro atoms. The molecule has 0 bridgehead atoms. The van der Waals surface area contributed by atoms with Gasteiger partial charge >= 0.3 is 0 Å². The molecule has 5 heteroatoms. The van der Waals surface area contributed by atoms with Crippen LogP contribution in [0.4, 0.5) is 0 Å². The van der Waals surface area contributed by atoms with E-state index in [0.29, 0.717) is 5.56 Å². The highest BCUT2D eigenvalue weighted by atomic mass is 79.9. The number of nitrogens with one attached hydrogen (secondary N) is 1. The van der Waals surface area contributed by atoms with Crippen LogP contribution in [0.25, 0.3) is 0 Å². The van der Waals surface area contributed by atoms with Crippen LogP contribution in [0.2, 0.25) is 0 Å². The number of hydrogen-bond donors (Lipinski definition) is 1. The summed E-state index contributed by atoms with van der Waals surface area (Å²) in [6.07, 6.45) is 2.90. The van der Waals surface area contributed by atoms with E-state index in [9.17, 15) is 9.59 Å². The first kappa shape index (κ1) is 17.7. The van der Waals surface area contributed by atoms with E-state index >= 15 is 0 Å². The van der Waals surface area contributed by atoms with Gasteiger partial charge in [-0.1, -0.05) is 46.3 Å². The number of halogens is 1. The summed E-state index contributed by atoms with van der Waals surface area (Å²) in [5.41, 5.74) is 1.80. The molecule has 130 valence electrons. The molecule has 4 nitrogen and oxygen atoms in total. The molecule has 1 saturated heterocycles. The van der Waals surface area contributed by atoms with Gasteiger partial charge in [0.2, 0.25) is 5.91 Å². The number of hydrogen-bond acceptors (Lipinski definition) is 2. The van der Waals surface area contributed by atoms with Crippen molar-refractivity contribution < 1.29 is 9.59 Å². The third kappa shape index (κ3) is 4.69. The molecule has 25 heavy (non-hydrogen) atoms. The number of benzene rings is 2. The molecule has 2 amide bonds. The fourth-order valence-corrected chi connectivity index (χ4v) is 3.49. The first-order valence-corrected chi connectivity index (χ1v) is 9.30. The smallest absolute Gasteiger partial charge is 0.251 e. The van der Waals surface area contributed by atoms with Crippen molar-refractivity contribution >= 4 is 27.7 Å². The Morgan fingerprint density at radius 3 is 2.52 bits per heavy atom. The Kier molecular flexibility index (Phi) is 5.87. The van der Waals surface area contributed by atoms with Gasteiger partial charge in [0.05, 0.1) is 6.54 Å². The van der Waals surface area contributed by atoms with E-state index in [1.807, 2.05) is 35.2 Å². The summed E-state index contributed by atoms with van der Waals surface area (Å²) in [4.78, 5) is 26.6. The first-order valence-electron chi connectivity index (χ1n) is 8.50. The van der Waals surface area contributed by atoms with Crippen molar-refractivity contribution in [3.63, 3.8) is 0 Å². The zero-order valence-corrected chi connectivity index (χ0v) is 15.5. The van der Waals surface area contributed by atoms with Crippen LogP contribution >= 0.6 is 15.9 Å². The van der Waals surface area contributed by atoms with Crippen LogP contribution in [0.5, 0.6) is 0 Å². The Labute approximate surface area is 156 Å². The van der Waals surface area contributed by atoms with Crippen LogP contribution in [0.15, 0.2) is 59.1 Å². The summed E-state index contributed by atoms with van der Waals surface area (Å²) in [6.45, 7) is 0.810. The van der Waals surface area contributed by atoms with Crippen molar-refractivity contribution in [2.75, 3.05) is 13.1 Å². The normalized spacial score (nSPS) is 16.7. The SMILES string of the molecule is O=C(NCC(=O)N1CCCC1Cc1ccccc1)c1ccc(Br)cc1. The number of rotatable bonds is 5. The minimum Gasteiger partial charge on any atom is -0.343 e. The Balaban J connectivity index is 1.55. The van der Waals surface area contributed by atoms with Crippen LogP contribution in [0, 0.1) is 0 Å². The Hall–Kier alpha value is -2.14. The van der Waals surface area contributed by atoms with Gasteiger partial charge in [0.1, 0.15) is 0 Å². The Bertz CT molecular complexity index is 731. The van der Waals surface area contributed by atoms with Crippen molar-refractivity contribution in [2.24, 2.45) is 0 Å². The molecule has 0 radical (unpaired) electrons. The minimum atomic E-state index is -0.223. The van der Waals surface area contributed by atoms with Crippen molar-refractivity contribution in [1.29, 1.82) is 0 Å². The molecule has 0 saturated carbocycles. The van der Waals surface area contributed by atoms with E-state index in [4.69, 9.17) is 0 Å². The summed E-state index contributed by atoms with van der Waals surface area (Å²) in [5.74, 6) is -0.233. The number of carbonyl (C=O) groups is 2. The molecule has 1 unspecified atom stereocenters. The number of likely N-dealkylation sites (tertiary alicyclic amines) is 1. The van der Waals surface area contributed by atoms with Gasteiger partial charge in [0.15, 0.2) is 0 Å². The zero-order chi connectivity index (χ0) is 17.6. The molecule has 1 fully saturated rings. The Morgan fingerprint density at radius 1 is 1.08 bits per heavy atom. The average Bonchev–Trinajstić information content (AvgIpc) is 3.09. The predicted molar refractivity (Wildman–Crippen MR) is 101 cm³/mol. The molecule has 1 aliphatic heterocycles. The maximum Gasteiger partial charge on any atom is 0.251 e. The average molecular weight is 401 g/mol. The number of amides is 2. The first-order chi connectivity index (χ1) is 12.1. The van der Waals surface area contributed by atoms with E-state index in [-0.39, 0.29) is 24.4 Å². The van der Waals surface area contributed by atoms with Crippen molar-refractivity contribution in [2.45, 2.75) is 25.3 Å². The summed E-state index contributed by atoms with van der Waals surface area (Å²) in [6, 6.07) is 17.5. The van der Waals surface area contributed by atoms with Gasteiger partial charge in [-0.15, -0.1) is 0 Å². The van der Waals surface area contributed by atoms with E-state index in [0.717, 1.165) is 30.3 Å². The third-order valence-electron chi connectivity index (χ3n) is 4.52. The fourth-order valence-electron chi connectivity index (χ4n) is 3.22. The lowest BCUT2D eigenvalue weighted by atomic mass is 10.0. The van der Waals surface area contributed by atoms with Crippen LogP contribution in [-0.4, -0.2) is 35.8 Å². The van der Waals surface area contributed by atoms with E-state index < -0.39 is 0 Å². The van der Waals surface area contributed by atoms with E-state index in [1.54, 1.807) is 12.1 Å². The summed E-state index contributed by atoms with van der Waals surface area (Å²) in [7, 11) is 0. The summed E-state index contributed by atoms with van der Waals surface area (Å²) in [5, 5.41) is 2.73. The van der Waals surface area contributed by atoms with Gasteiger partial charge in [0.25, 0.3) is 5.91 Å². The van der Waals surface area contributed by atoms with E-state index in [2.05, 4.69) is 33.4 Å². The molecule has 1 heterocycles. The lowest BCUT2D eigenvalue weighted by molar-refractivity contribution is -0.130. The molecular weight excluding hydrogens is 380 g/mol. The molecule has 0 aliphatic carbocycles. The van der Waals surface area contributed by atoms with Crippen LogP contribution in [0.3, 0.4) is 0 Å². The number of nitrogens with zero attached hydrogens (tertiary/aromatic N) is 1. The molecule has 1 atom stereocenters. The molecule has 2 aromatic rings. The van der Waals surface area contributed by atoms with Gasteiger partial charge < -0.3 is 10.2 Å². The second kappa shape index (κ2) is 8.30. The zero-order valence-electron chi connectivity index (χ0n) is 14.0. The molecule has 3 rings (SSSR count). The molecule has 2 aromatic carbocycles. The highest BCUT2D eigenvalue weighted by Crippen LogP contribution is 2.21. The molecule has 1 aliphatic rings. The topological polar surface area (TPSA) is 49.4 Å². The van der Waals surface area contributed by atoms with Crippen molar-refractivity contribution in [3.8, 4) is 0 Å². The molecule has 1 N–H and O–H groups in total. The van der Waals surface area contributed by atoms with Gasteiger partial charge in [-0.3, -0.25) is 9.59 Å². The van der Waals surface area contributed by atoms with E-state index in [1.165, 1.54) is 5.56 Å². The van der Waals surface area contributed by atoms with Gasteiger partial charge in [-0.25, -0.2) is 0 Å². The van der Waals surface area contributed by atoms with Crippen LogP contribution in [0.1, 0.15) is 28.8 Å². The third-order valence-corrected chi connectivity index (χ3v) is 5.05. The summed E-state index contributed by atoms with van der Waals surface area (Å²) >= 11 is 3.34. The standard InChI is InChI=1S/C20H21BrN2O2/c21-17-10-8-16(9-11-17)20(25)22-14-19(24)23-12-4-7-18(23)13-15-5-2-1-3-6-15/h1-3,5-6,8-11,18H,4,7,12-14H2,(H,22,25). The second-order valence-corrected chi connectivity index (χ2v) is 7.18. The van der Waals surface area contributed by atoms with Crippen molar-refractivity contribution in [3.05, 3.63) is 70.2 Å². The predicted octanol–water partition coefficient (Wildman–Crippen LogP) is 3.41. The monoisotopic (exact) mass is 400 g/mol. The van der Waals surface area contributed by atoms with Crippen molar-refractivity contribution in [1.82, 2.24) is 10.2 Å². The molecule has 0 aromatic heterocycles. The number of carbonyl (C=O) groups excluding carboxylic acids is 2. The second-order valence-electron chi connectivity index (χ2n) is 6.26. The Morgan fingerprint density at radius 2 is 1.80 bits per heavy atom. The highest BCUT2D eigenvalue weighted by molar-refractivity contribution is 9.10. The largest absolute Gasteiger partial charge is 0.343 e. The minimum absolute atomic E-state index is 0.0103. The van der Waals surface area contributed by atoms with Gasteiger partial charge in [0, 0.05) is 22.6 Å². The fraction of sp³-hybridized carbons (Fsp3) is 0.300. The lowest BCUT2D eigenvalue weighted by Crippen LogP contribution is -2.43. The quantitative estimate of drug-likeness (QED) is 0.835. The van der Waals surface area contributed by atoms with Gasteiger partial charge in [-0.2, -0.15) is 0 Å². The van der Waals surface area contributed by atoms with Crippen LogP contribution in [-0.2, 0) is 11.2 Å². The van der Waals surface area contributed by atoms with Gasteiger partial charge in [-0.05, 0) is 49.1 Å². The lowest BCUT2D eigenvalue weighted by Gasteiger charge is -2.25. The maximum absolute atomic E-state index is 12.5. The maximum atomic E-state index is 12.5. The van der Waals surface area contributed by atoms with Crippen LogP contribution < -0.4 is 5.32 Å².